The second kappa shape index (κ2) is 6.94. The Labute approximate surface area is 131 Å². The maximum Gasteiger partial charge on any atom is 0.410 e. The molecule has 2 rings (SSSR count). The third-order valence-corrected chi connectivity index (χ3v) is 3.42. The maximum atomic E-state index is 12.1. The summed E-state index contributed by atoms with van der Waals surface area (Å²) in [5, 5.41) is 0. The highest BCUT2D eigenvalue weighted by atomic mass is 16.6. The molecule has 0 aromatic carbocycles. The Kier molecular flexibility index (Phi) is 5.21. The van der Waals surface area contributed by atoms with Crippen molar-refractivity contribution in [1.82, 2.24) is 14.9 Å². The number of amides is 1. The molecule has 1 atom stereocenters. The van der Waals surface area contributed by atoms with Crippen molar-refractivity contribution in [1.29, 1.82) is 0 Å². The molecule has 1 amide bonds. The quantitative estimate of drug-likeness (QED) is 0.859. The summed E-state index contributed by atoms with van der Waals surface area (Å²) in [6.07, 6.45) is 3.27. The fourth-order valence-electron chi connectivity index (χ4n) is 2.41. The van der Waals surface area contributed by atoms with E-state index in [2.05, 4.69) is 9.97 Å². The van der Waals surface area contributed by atoms with Crippen LogP contribution in [-0.4, -0.2) is 46.3 Å². The van der Waals surface area contributed by atoms with Crippen LogP contribution in [0.4, 0.5) is 4.79 Å². The van der Waals surface area contributed by atoms with E-state index in [4.69, 9.17) is 9.47 Å². The minimum Gasteiger partial charge on any atom is -0.477 e. The zero-order valence-corrected chi connectivity index (χ0v) is 13.8. The van der Waals surface area contributed by atoms with Crippen LogP contribution in [0.5, 0.6) is 5.88 Å². The minimum atomic E-state index is -0.459. The van der Waals surface area contributed by atoms with Gasteiger partial charge in [0.1, 0.15) is 11.9 Å². The number of hydrogen-bond donors (Lipinski definition) is 0. The molecule has 0 N–H and O–H groups in total. The van der Waals surface area contributed by atoms with E-state index in [0.29, 0.717) is 24.9 Å². The average molecular weight is 307 g/mol. The highest BCUT2D eigenvalue weighted by Gasteiger charge is 2.27. The van der Waals surface area contributed by atoms with E-state index in [-0.39, 0.29) is 6.09 Å². The van der Waals surface area contributed by atoms with Gasteiger partial charge in [-0.3, -0.25) is 0 Å². The van der Waals surface area contributed by atoms with E-state index in [9.17, 15) is 4.79 Å². The molecule has 1 aliphatic heterocycles. The van der Waals surface area contributed by atoms with Crippen molar-refractivity contribution in [2.75, 3.05) is 19.7 Å². The molecule has 1 saturated heterocycles. The van der Waals surface area contributed by atoms with Gasteiger partial charge in [-0.25, -0.2) is 14.8 Å². The summed E-state index contributed by atoms with van der Waals surface area (Å²) in [5.74, 6) is 0.887. The number of likely N-dealkylation sites (tertiary alicyclic amines) is 1. The zero-order chi connectivity index (χ0) is 16.2. The summed E-state index contributed by atoms with van der Waals surface area (Å²) in [7, 11) is 0. The second-order valence-electron chi connectivity index (χ2n) is 6.74. The van der Waals surface area contributed by atoms with Gasteiger partial charge >= 0.3 is 6.09 Å². The molecule has 1 aliphatic rings. The fourth-order valence-corrected chi connectivity index (χ4v) is 2.41. The third kappa shape index (κ3) is 5.16. The number of aryl methyl sites for hydroxylation is 1. The van der Waals surface area contributed by atoms with E-state index >= 15 is 0 Å². The molecule has 1 aromatic rings. The molecule has 6 heteroatoms. The van der Waals surface area contributed by atoms with Crippen molar-refractivity contribution >= 4 is 6.09 Å². The number of piperidine rings is 1. The standard InChI is InChI=1S/C16H25N3O3/c1-12-8-14(18-11-17-12)21-10-13-6-5-7-19(9-13)15(20)22-16(2,3)4/h8,11,13H,5-7,9-10H2,1-4H3/t13-/m0/s1. The van der Waals surface area contributed by atoms with E-state index in [1.165, 1.54) is 6.33 Å². The Balaban J connectivity index is 1.84. The van der Waals surface area contributed by atoms with Gasteiger partial charge in [-0.15, -0.1) is 0 Å². The van der Waals surface area contributed by atoms with Crippen LogP contribution in [0.15, 0.2) is 12.4 Å². The number of nitrogens with zero attached hydrogens (tertiary/aromatic N) is 3. The van der Waals surface area contributed by atoms with E-state index in [1.54, 1.807) is 4.90 Å². The van der Waals surface area contributed by atoms with Crippen molar-refractivity contribution in [2.45, 2.75) is 46.1 Å². The van der Waals surface area contributed by atoms with Gasteiger partial charge in [-0.1, -0.05) is 0 Å². The number of hydrogen-bond acceptors (Lipinski definition) is 5. The Morgan fingerprint density at radius 3 is 2.86 bits per heavy atom. The van der Waals surface area contributed by atoms with Crippen LogP contribution in [-0.2, 0) is 4.74 Å². The topological polar surface area (TPSA) is 64.5 Å². The lowest BCUT2D eigenvalue weighted by molar-refractivity contribution is 0.0138. The van der Waals surface area contributed by atoms with Gasteiger partial charge in [0, 0.05) is 30.8 Å². The summed E-state index contributed by atoms with van der Waals surface area (Å²) in [5.41, 5.74) is 0.419. The Morgan fingerprint density at radius 1 is 1.41 bits per heavy atom. The van der Waals surface area contributed by atoms with E-state index < -0.39 is 5.60 Å². The second-order valence-corrected chi connectivity index (χ2v) is 6.74. The molecular weight excluding hydrogens is 282 g/mol. The molecular formula is C16H25N3O3. The van der Waals surface area contributed by atoms with Crippen LogP contribution in [0, 0.1) is 12.8 Å². The smallest absolute Gasteiger partial charge is 0.410 e. The van der Waals surface area contributed by atoms with Crippen LogP contribution in [0.1, 0.15) is 39.3 Å². The van der Waals surface area contributed by atoms with Gasteiger partial charge in [-0.05, 0) is 40.5 Å². The summed E-state index contributed by atoms with van der Waals surface area (Å²) < 4.78 is 11.2. The number of aromatic nitrogens is 2. The Hall–Kier alpha value is -1.85. The first kappa shape index (κ1) is 16.5. The fraction of sp³-hybridized carbons (Fsp3) is 0.688. The largest absolute Gasteiger partial charge is 0.477 e. The first-order valence-electron chi connectivity index (χ1n) is 7.73. The van der Waals surface area contributed by atoms with Crippen LogP contribution in [0.3, 0.4) is 0 Å². The van der Waals surface area contributed by atoms with Crippen LogP contribution >= 0.6 is 0 Å². The first-order chi connectivity index (χ1) is 10.3. The Bertz CT molecular complexity index is 514. The molecule has 22 heavy (non-hydrogen) atoms. The van der Waals surface area contributed by atoms with Gasteiger partial charge in [0.05, 0.1) is 6.61 Å². The molecule has 0 spiro atoms. The summed E-state index contributed by atoms with van der Waals surface area (Å²) in [6, 6.07) is 1.81. The van der Waals surface area contributed by atoms with Crippen molar-refractivity contribution in [3.05, 3.63) is 18.1 Å². The summed E-state index contributed by atoms with van der Waals surface area (Å²) >= 11 is 0. The summed E-state index contributed by atoms with van der Waals surface area (Å²) in [6.45, 7) is 9.51. The number of ether oxygens (including phenoxy) is 2. The molecule has 6 nitrogen and oxygen atoms in total. The predicted molar refractivity (Wildman–Crippen MR) is 82.8 cm³/mol. The zero-order valence-electron chi connectivity index (χ0n) is 13.8. The van der Waals surface area contributed by atoms with Gasteiger partial charge < -0.3 is 14.4 Å². The SMILES string of the molecule is Cc1cc(OC[C@H]2CCCN(C(=O)OC(C)(C)C)C2)ncn1. The molecule has 0 radical (unpaired) electrons. The van der Waals surface area contributed by atoms with Crippen LogP contribution < -0.4 is 4.74 Å². The Morgan fingerprint density at radius 2 is 2.18 bits per heavy atom. The lowest BCUT2D eigenvalue weighted by Gasteiger charge is -2.33. The van der Waals surface area contributed by atoms with Gasteiger partial charge in [-0.2, -0.15) is 0 Å². The lowest BCUT2D eigenvalue weighted by atomic mass is 9.99. The molecule has 0 bridgehead atoms. The number of carbonyl (C=O) groups excluding carboxylic acids is 1. The van der Waals surface area contributed by atoms with Gasteiger partial charge in [0.2, 0.25) is 5.88 Å². The van der Waals surface area contributed by atoms with Crippen LogP contribution in [0.2, 0.25) is 0 Å². The number of rotatable bonds is 3. The van der Waals surface area contributed by atoms with Crippen LogP contribution in [0.25, 0.3) is 0 Å². The van der Waals surface area contributed by atoms with Crippen molar-refractivity contribution < 1.29 is 14.3 Å². The highest BCUT2D eigenvalue weighted by molar-refractivity contribution is 5.68. The monoisotopic (exact) mass is 307 g/mol. The molecule has 2 heterocycles. The third-order valence-electron chi connectivity index (χ3n) is 3.42. The lowest BCUT2D eigenvalue weighted by Crippen LogP contribution is -2.44. The molecule has 0 unspecified atom stereocenters. The number of carbonyl (C=O) groups is 1. The van der Waals surface area contributed by atoms with Crippen molar-refractivity contribution in [2.24, 2.45) is 5.92 Å². The average Bonchev–Trinajstić information content (AvgIpc) is 2.44. The molecule has 0 saturated carbocycles. The first-order valence-corrected chi connectivity index (χ1v) is 7.73. The molecule has 1 aromatic heterocycles. The predicted octanol–water partition coefficient (Wildman–Crippen LogP) is 2.81. The normalized spacial score (nSPS) is 18.9. The van der Waals surface area contributed by atoms with Gasteiger partial charge in [0.15, 0.2) is 0 Å². The highest BCUT2D eigenvalue weighted by Crippen LogP contribution is 2.20. The maximum absolute atomic E-state index is 12.1. The molecule has 1 fully saturated rings. The van der Waals surface area contributed by atoms with Gasteiger partial charge in [0.25, 0.3) is 0 Å². The summed E-state index contributed by atoms with van der Waals surface area (Å²) in [4.78, 5) is 22.0. The minimum absolute atomic E-state index is 0.241. The molecule has 0 aliphatic carbocycles. The molecule has 122 valence electrons. The van der Waals surface area contributed by atoms with Crippen molar-refractivity contribution in [3.63, 3.8) is 0 Å². The van der Waals surface area contributed by atoms with Crippen molar-refractivity contribution in [3.8, 4) is 5.88 Å². The van der Waals surface area contributed by atoms with E-state index in [0.717, 1.165) is 25.1 Å². The van der Waals surface area contributed by atoms with E-state index in [1.807, 2.05) is 33.8 Å².